The van der Waals surface area contributed by atoms with Gasteiger partial charge in [0.2, 0.25) is 11.8 Å². The van der Waals surface area contributed by atoms with Crippen LogP contribution in [0.25, 0.3) is 0 Å². The molecule has 1 aromatic heterocycles. The van der Waals surface area contributed by atoms with E-state index in [9.17, 15) is 28.4 Å². The van der Waals surface area contributed by atoms with E-state index in [-0.39, 0.29) is 54.0 Å². The van der Waals surface area contributed by atoms with E-state index in [4.69, 9.17) is 26.3 Å². The van der Waals surface area contributed by atoms with Gasteiger partial charge in [0.25, 0.3) is 17.7 Å². The molecule has 7 rings (SSSR count). The fourth-order valence-electron chi connectivity index (χ4n) is 7.27. The topological polar surface area (TPSA) is 174 Å². The second-order valence-corrected chi connectivity index (χ2v) is 14.2. The number of anilines is 1. The number of piperazine rings is 1. The molecule has 4 heterocycles. The Hall–Kier alpha value is -5.66. The molecule has 1 atom stereocenters. The highest BCUT2D eigenvalue weighted by atomic mass is 35.5. The van der Waals surface area contributed by atoms with Crippen molar-refractivity contribution in [3.05, 3.63) is 81.5 Å². The highest BCUT2D eigenvalue weighted by molar-refractivity contribution is 6.31. The fraction of sp³-hybridized carbons (Fsp3) is 0.395. The Kier molecular flexibility index (Phi) is 10.9. The number of pyridine rings is 1. The number of carbonyl (C=O) groups excluding carboxylic acids is 5. The molecule has 2 aromatic carbocycles. The number of ether oxygens (including phenoxy) is 2. The summed E-state index contributed by atoms with van der Waals surface area (Å²) < 4.78 is 41.8. The first-order valence-electron chi connectivity index (χ1n) is 18.0. The summed E-state index contributed by atoms with van der Waals surface area (Å²) in [6, 6.07) is 8.98. The van der Waals surface area contributed by atoms with Gasteiger partial charge < -0.3 is 19.7 Å². The molecule has 2 saturated heterocycles. The SMILES string of the molecule is N#Cc1ccc(O[C@H]2CC[C@H](NC(=O)c3cnc(N4CCN(CCOc5cc6c(cc5F)C(=O)N(C5CCC(=O)NC5=O)C6=O)CC4)cc3F)CC2)cc1Cl. The minimum absolute atomic E-state index is 0.0114. The average molecular weight is 776 g/mol. The molecule has 17 heteroatoms. The van der Waals surface area contributed by atoms with E-state index in [0.29, 0.717) is 80.6 Å². The Bertz CT molecular complexity index is 2100. The number of nitrogens with one attached hydrogen (secondary N) is 2. The number of benzene rings is 2. The molecule has 1 unspecified atom stereocenters. The quantitative estimate of drug-likeness (QED) is 0.288. The molecule has 3 fully saturated rings. The zero-order chi connectivity index (χ0) is 38.8. The Morgan fingerprint density at radius 2 is 1.69 bits per heavy atom. The van der Waals surface area contributed by atoms with Crippen molar-refractivity contribution < 1.29 is 42.2 Å². The van der Waals surface area contributed by atoms with E-state index < -0.39 is 47.2 Å². The number of hydrogen-bond donors (Lipinski definition) is 2. The van der Waals surface area contributed by atoms with Gasteiger partial charge >= 0.3 is 0 Å². The Morgan fingerprint density at radius 1 is 0.964 bits per heavy atom. The first-order chi connectivity index (χ1) is 26.5. The van der Waals surface area contributed by atoms with Crippen LogP contribution in [-0.2, 0) is 9.59 Å². The maximum absolute atomic E-state index is 15.2. The summed E-state index contributed by atoms with van der Waals surface area (Å²) in [4.78, 5) is 71.9. The number of carbonyl (C=O) groups is 5. The molecule has 3 aliphatic heterocycles. The molecule has 55 heavy (non-hydrogen) atoms. The van der Waals surface area contributed by atoms with Gasteiger partial charge in [-0.2, -0.15) is 5.26 Å². The molecule has 5 amide bonds. The number of piperidine rings is 1. The van der Waals surface area contributed by atoms with Crippen LogP contribution in [-0.4, -0.2) is 102 Å². The summed E-state index contributed by atoms with van der Waals surface area (Å²) in [6.45, 7) is 2.65. The van der Waals surface area contributed by atoms with Gasteiger partial charge in [0.05, 0.1) is 33.4 Å². The zero-order valence-corrected chi connectivity index (χ0v) is 30.2. The lowest BCUT2D eigenvalue weighted by Crippen LogP contribution is -2.54. The van der Waals surface area contributed by atoms with Crippen LogP contribution >= 0.6 is 11.6 Å². The minimum atomic E-state index is -1.16. The standard InChI is InChI=1S/C38H36ClF2N7O7/c39-28-15-24(4-1-21(28)19-42)55-23-5-2-22(3-6-23)44-35(50)27-20-43-33(18-29(27)40)47-11-9-46(10-12-47)13-14-54-32-17-26-25(16-30(32)41)37(52)48(38(26)53)31-7-8-34(49)45-36(31)51/h1,4,15-18,20,22-23,31H,2-3,5-14H2,(H,44,50)(H,45,49,51)/t22-,23-,31?. The van der Waals surface area contributed by atoms with Gasteiger partial charge in [-0.25, -0.2) is 13.8 Å². The van der Waals surface area contributed by atoms with E-state index in [1.54, 1.807) is 18.2 Å². The number of halogens is 3. The molecule has 1 saturated carbocycles. The second-order valence-electron chi connectivity index (χ2n) is 13.8. The number of rotatable bonds is 10. The molecule has 2 N–H and O–H groups in total. The van der Waals surface area contributed by atoms with Crippen molar-refractivity contribution >= 4 is 47.0 Å². The Morgan fingerprint density at radius 3 is 2.36 bits per heavy atom. The van der Waals surface area contributed by atoms with Crippen LogP contribution in [0, 0.1) is 23.0 Å². The fourth-order valence-corrected chi connectivity index (χ4v) is 7.48. The number of nitrogens with zero attached hydrogens (tertiary/aromatic N) is 5. The van der Waals surface area contributed by atoms with Crippen LogP contribution in [0.3, 0.4) is 0 Å². The lowest BCUT2D eigenvalue weighted by atomic mass is 9.92. The second kappa shape index (κ2) is 16.0. The molecular formula is C38H36ClF2N7O7. The van der Waals surface area contributed by atoms with Crippen LogP contribution in [0.1, 0.15) is 75.2 Å². The zero-order valence-electron chi connectivity index (χ0n) is 29.5. The highest BCUT2D eigenvalue weighted by Crippen LogP contribution is 2.33. The van der Waals surface area contributed by atoms with Crippen molar-refractivity contribution in [2.75, 3.05) is 44.2 Å². The number of hydrogen-bond acceptors (Lipinski definition) is 11. The van der Waals surface area contributed by atoms with Gasteiger partial charge in [0.1, 0.15) is 36.1 Å². The summed E-state index contributed by atoms with van der Waals surface area (Å²) in [6.07, 6.45) is 3.80. The van der Waals surface area contributed by atoms with Crippen molar-refractivity contribution in [3.63, 3.8) is 0 Å². The third-order valence-electron chi connectivity index (χ3n) is 10.3. The first-order valence-corrected chi connectivity index (χ1v) is 18.3. The molecule has 4 aliphatic rings. The van der Waals surface area contributed by atoms with Crippen LogP contribution in [0.5, 0.6) is 11.5 Å². The third-order valence-corrected chi connectivity index (χ3v) is 10.6. The average Bonchev–Trinajstić information content (AvgIpc) is 3.40. The molecule has 0 radical (unpaired) electrons. The Labute approximate surface area is 319 Å². The number of nitriles is 1. The van der Waals surface area contributed by atoms with E-state index in [1.165, 1.54) is 12.3 Å². The van der Waals surface area contributed by atoms with E-state index in [1.807, 2.05) is 11.0 Å². The molecule has 3 aromatic rings. The first kappa shape index (κ1) is 37.6. The Balaban J connectivity index is 0.852. The van der Waals surface area contributed by atoms with Crippen molar-refractivity contribution in [2.45, 2.75) is 56.7 Å². The van der Waals surface area contributed by atoms with Gasteiger partial charge in [-0.3, -0.25) is 39.1 Å². The number of aromatic nitrogens is 1. The molecule has 1 aliphatic carbocycles. The monoisotopic (exact) mass is 775 g/mol. The summed E-state index contributed by atoms with van der Waals surface area (Å²) in [5, 5.41) is 14.4. The van der Waals surface area contributed by atoms with Crippen molar-refractivity contribution in [1.29, 1.82) is 5.26 Å². The van der Waals surface area contributed by atoms with Crippen molar-refractivity contribution in [1.82, 2.24) is 25.4 Å². The molecule has 0 spiro atoms. The highest BCUT2D eigenvalue weighted by Gasteiger charge is 2.45. The van der Waals surface area contributed by atoms with Crippen molar-refractivity contribution in [2.24, 2.45) is 0 Å². The number of amides is 5. The summed E-state index contributed by atoms with van der Waals surface area (Å²) in [5.74, 6) is -4.08. The molecule has 0 bridgehead atoms. The largest absolute Gasteiger partial charge is 0.490 e. The predicted molar refractivity (Wildman–Crippen MR) is 192 cm³/mol. The van der Waals surface area contributed by atoms with Gasteiger partial charge in [-0.1, -0.05) is 11.6 Å². The summed E-state index contributed by atoms with van der Waals surface area (Å²) in [5.41, 5.74) is -0.0223. The predicted octanol–water partition coefficient (Wildman–Crippen LogP) is 3.61. The lowest BCUT2D eigenvalue weighted by Gasteiger charge is -2.35. The lowest BCUT2D eigenvalue weighted by molar-refractivity contribution is -0.136. The van der Waals surface area contributed by atoms with Crippen LogP contribution in [0.2, 0.25) is 5.02 Å². The van der Waals surface area contributed by atoms with Crippen molar-refractivity contribution in [3.8, 4) is 17.6 Å². The maximum atomic E-state index is 15.2. The maximum Gasteiger partial charge on any atom is 0.262 e. The molecular weight excluding hydrogens is 740 g/mol. The smallest absolute Gasteiger partial charge is 0.262 e. The van der Waals surface area contributed by atoms with Gasteiger partial charge in [-0.05, 0) is 56.4 Å². The summed E-state index contributed by atoms with van der Waals surface area (Å²) >= 11 is 6.11. The molecule has 286 valence electrons. The van der Waals surface area contributed by atoms with Gasteiger partial charge in [0, 0.05) is 63.5 Å². The normalized spacial score (nSPS) is 21.5. The van der Waals surface area contributed by atoms with E-state index >= 15 is 4.39 Å². The van der Waals surface area contributed by atoms with Crippen LogP contribution in [0.15, 0.2) is 42.6 Å². The third kappa shape index (κ3) is 8.08. The van der Waals surface area contributed by atoms with Gasteiger partial charge in [0.15, 0.2) is 11.6 Å². The number of fused-ring (bicyclic) bond motifs is 1. The number of imide groups is 2. The summed E-state index contributed by atoms with van der Waals surface area (Å²) in [7, 11) is 0. The van der Waals surface area contributed by atoms with E-state index in [0.717, 1.165) is 17.0 Å². The van der Waals surface area contributed by atoms with Crippen LogP contribution < -0.4 is 25.0 Å². The van der Waals surface area contributed by atoms with Gasteiger partial charge in [-0.15, -0.1) is 0 Å². The van der Waals surface area contributed by atoms with Crippen LogP contribution in [0.4, 0.5) is 14.6 Å². The van der Waals surface area contributed by atoms with E-state index in [2.05, 4.69) is 20.5 Å². The minimum Gasteiger partial charge on any atom is -0.490 e. The molecule has 14 nitrogen and oxygen atoms in total.